The van der Waals surface area contributed by atoms with Gasteiger partial charge in [-0.2, -0.15) is 0 Å². The minimum Gasteiger partial charge on any atom is -0.395 e. The molecule has 1 amide bonds. The number of carbonyl (C=O) groups excluding carboxylic acids is 1. The van der Waals surface area contributed by atoms with Crippen LogP contribution < -0.4 is 0 Å². The van der Waals surface area contributed by atoms with Gasteiger partial charge in [0, 0.05) is 46.9 Å². The summed E-state index contributed by atoms with van der Waals surface area (Å²) in [6.45, 7) is 2.75. The summed E-state index contributed by atoms with van der Waals surface area (Å²) in [5, 5.41) is 10.0. The number of amides is 1. The van der Waals surface area contributed by atoms with Crippen LogP contribution in [0.15, 0.2) is 36.8 Å². The zero-order valence-corrected chi connectivity index (χ0v) is 12.3. The van der Waals surface area contributed by atoms with Crippen molar-refractivity contribution in [1.82, 2.24) is 19.9 Å². The molecule has 0 atom stereocenters. The Kier molecular flexibility index (Phi) is 3.93. The Labute approximate surface area is 132 Å². The summed E-state index contributed by atoms with van der Waals surface area (Å²) in [6, 6.07) is 5.74. The number of likely N-dealkylation sites (N-methyl/N-ethyl adjacent to an activating group) is 1. The number of aliphatic hydroxyl groups is 1. The maximum Gasteiger partial charge on any atom is 0.270 e. The van der Waals surface area contributed by atoms with Crippen LogP contribution in [0, 0.1) is 0 Å². The number of carbonyl (C=O) groups is 1. The second kappa shape index (κ2) is 6.03. The molecule has 6 heteroatoms. The molecule has 22 heavy (non-hydrogen) atoms. The van der Waals surface area contributed by atoms with Crippen LogP contribution in [0.3, 0.4) is 0 Å². The molecule has 6 nitrogen and oxygen atoms in total. The van der Waals surface area contributed by atoms with E-state index in [0.29, 0.717) is 18.8 Å². The van der Waals surface area contributed by atoms with Gasteiger partial charge in [0.25, 0.3) is 5.91 Å². The number of aromatic nitrogens is 3. The van der Waals surface area contributed by atoms with Gasteiger partial charge in [-0.3, -0.25) is 4.79 Å². The van der Waals surface area contributed by atoms with Gasteiger partial charge in [0.05, 0.1) is 6.61 Å². The maximum atomic E-state index is 12.4. The summed E-state index contributed by atoms with van der Waals surface area (Å²) in [6.07, 6.45) is 5.41. The second-order valence-corrected chi connectivity index (χ2v) is 5.01. The lowest BCUT2D eigenvalue weighted by Gasteiger charge is -2.18. The van der Waals surface area contributed by atoms with Crippen LogP contribution in [-0.4, -0.2) is 50.6 Å². The third-order valence-corrected chi connectivity index (χ3v) is 3.72. The Bertz CT molecular complexity index is 803. The van der Waals surface area contributed by atoms with Gasteiger partial charge in [-0.05, 0) is 30.7 Å². The summed E-state index contributed by atoms with van der Waals surface area (Å²) < 4.78 is 0. The molecule has 0 spiro atoms. The van der Waals surface area contributed by atoms with E-state index in [9.17, 15) is 4.79 Å². The van der Waals surface area contributed by atoms with Gasteiger partial charge in [-0.15, -0.1) is 0 Å². The zero-order chi connectivity index (χ0) is 15.5. The van der Waals surface area contributed by atoms with E-state index in [-0.39, 0.29) is 16.8 Å². The molecule has 0 radical (unpaired) electrons. The molecule has 3 N–H and O–H groups in total. The van der Waals surface area contributed by atoms with Crippen LogP contribution in [0.4, 0.5) is 0 Å². The first-order valence-corrected chi connectivity index (χ1v) is 7.25. The maximum absolute atomic E-state index is 12.4. The molecule has 0 bridgehead atoms. The van der Waals surface area contributed by atoms with Gasteiger partial charge in [0.1, 0.15) is 11.3 Å². The van der Waals surface area contributed by atoms with Crippen molar-refractivity contribution in [2.75, 3.05) is 19.7 Å². The van der Waals surface area contributed by atoms with E-state index in [1.165, 1.54) is 0 Å². The van der Waals surface area contributed by atoms with E-state index in [1.807, 2.05) is 37.5 Å². The number of aliphatic hydroxyl groups excluding tert-OH is 1. The molecule has 3 aromatic rings. The number of rotatable bonds is 5. The normalized spacial score (nSPS) is 11.0. The van der Waals surface area contributed by atoms with Crippen molar-refractivity contribution in [1.29, 1.82) is 0 Å². The minimum atomic E-state index is -0.109. The standard InChI is InChI=1S/C16H18N4O2.3H2/c1-2-20(7-8-21)16(22)14-9-11(10-19-14)12-3-5-17-15-13(12)4-6-18-15;;;/h3-6,9-10,19,21H,2,7-8H2,1H3,(H,17,18);3*1H. The van der Waals surface area contributed by atoms with Crippen molar-refractivity contribution in [2.24, 2.45) is 0 Å². The van der Waals surface area contributed by atoms with Crippen molar-refractivity contribution in [3.8, 4) is 11.1 Å². The quantitative estimate of drug-likeness (QED) is 0.677. The van der Waals surface area contributed by atoms with Crippen molar-refractivity contribution < 1.29 is 14.2 Å². The fourth-order valence-electron chi connectivity index (χ4n) is 2.58. The van der Waals surface area contributed by atoms with Gasteiger partial charge in [0.2, 0.25) is 0 Å². The van der Waals surface area contributed by atoms with Crippen molar-refractivity contribution in [3.63, 3.8) is 0 Å². The van der Waals surface area contributed by atoms with E-state index >= 15 is 0 Å². The van der Waals surface area contributed by atoms with Gasteiger partial charge < -0.3 is 20.0 Å². The zero-order valence-electron chi connectivity index (χ0n) is 12.3. The average Bonchev–Trinajstić information content (AvgIpc) is 3.20. The fourth-order valence-corrected chi connectivity index (χ4v) is 2.58. The topological polar surface area (TPSA) is 85.0 Å². The molecule has 0 aliphatic rings. The van der Waals surface area contributed by atoms with E-state index in [4.69, 9.17) is 5.11 Å². The van der Waals surface area contributed by atoms with Crippen molar-refractivity contribution in [2.45, 2.75) is 6.92 Å². The number of hydrogen-bond donors (Lipinski definition) is 3. The first-order valence-electron chi connectivity index (χ1n) is 7.25. The number of aromatic amines is 2. The third-order valence-electron chi connectivity index (χ3n) is 3.72. The predicted molar refractivity (Wildman–Crippen MR) is 90.9 cm³/mol. The van der Waals surface area contributed by atoms with Crippen LogP contribution in [0.5, 0.6) is 0 Å². The van der Waals surface area contributed by atoms with Gasteiger partial charge >= 0.3 is 0 Å². The van der Waals surface area contributed by atoms with E-state index < -0.39 is 0 Å². The molecule has 120 valence electrons. The Morgan fingerprint density at radius 2 is 2.27 bits per heavy atom. The number of H-pyrrole nitrogens is 2. The summed E-state index contributed by atoms with van der Waals surface area (Å²) in [7, 11) is 0. The average molecular weight is 304 g/mol. The SMILES string of the molecule is CCN(CCO)C(=O)c1cc(-c2ccnc3[nH]ccc23)c[nH]1.[HH].[HH].[HH]. The molecular formula is C16H24N4O2. The molecular weight excluding hydrogens is 280 g/mol. The molecule has 3 heterocycles. The molecule has 0 saturated carbocycles. The lowest BCUT2D eigenvalue weighted by atomic mass is 10.1. The lowest BCUT2D eigenvalue weighted by molar-refractivity contribution is 0.0727. The molecule has 0 aliphatic heterocycles. The minimum absolute atomic E-state index is 0. The fraction of sp³-hybridized carbons (Fsp3) is 0.250. The third kappa shape index (κ3) is 2.48. The van der Waals surface area contributed by atoms with E-state index in [1.54, 1.807) is 11.1 Å². The highest BCUT2D eigenvalue weighted by Crippen LogP contribution is 2.27. The van der Waals surface area contributed by atoms with Gasteiger partial charge in [-0.25, -0.2) is 4.98 Å². The molecule has 0 aromatic carbocycles. The summed E-state index contributed by atoms with van der Waals surface area (Å²) in [5.74, 6) is -0.109. The second-order valence-electron chi connectivity index (χ2n) is 5.01. The lowest BCUT2D eigenvalue weighted by Crippen LogP contribution is -2.33. The molecule has 3 aromatic heterocycles. The van der Waals surface area contributed by atoms with Crippen LogP contribution >= 0.6 is 0 Å². The first-order chi connectivity index (χ1) is 10.7. The summed E-state index contributed by atoms with van der Waals surface area (Å²) in [5.41, 5.74) is 3.30. The van der Waals surface area contributed by atoms with Crippen LogP contribution in [-0.2, 0) is 0 Å². The summed E-state index contributed by atoms with van der Waals surface area (Å²) in [4.78, 5) is 24.4. The van der Waals surface area contributed by atoms with E-state index in [0.717, 1.165) is 22.2 Å². The van der Waals surface area contributed by atoms with Crippen molar-refractivity contribution in [3.05, 3.63) is 42.5 Å². The first kappa shape index (κ1) is 14.3. The van der Waals surface area contributed by atoms with E-state index in [2.05, 4.69) is 15.0 Å². The van der Waals surface area contributed by atoms with Crippen LogP contribution in [0.2, 0.25) is 0 Å². The number of hydrogen-bond acceptors (Lipinski definition) is 3. The highest BCUT2D eigenvalue weighted by Gasteiger charge is 2.16. The van der Waals surface area contributed by atoms with Gasteiger partial charge in [0.15, 0.2) is 0 Å². The molecule has 3 rings (SSSR count). The highest BCUT2D eigenvalue weighted by molar-refractivity contribution is 5.97. The largest absolute Gasteiger partial charge is 0.395 e. The number of nitrogens with one attached hydrogen (secondary N) is 2. The van der Waals surface area contributed by atoms with Crippen LogP contribution in [0.25, 0.3) is 22.2 Å². The van der Waals surface area contributed by atoms with Crippen LogP contribution in [0.1, 0.15) is 21.7 Å². The summed E-state index contributed by atoms with van der Waals surface area (Å²) >= 11 is 0. The number of nitrogens with zero attached hydrogens (tertiary/aromatic N) is 2. The number of fused-ring (bicyclic) bond motifs is 1. The predicted octanol–water partition coefficient (Wildman–Crippen LogP) is 2.75. The Morgan fingerprint density at radius 3 is 3.05 bits per heavy atom. The highest BCUT2D eigenvalue weighted by atomic mass is 16.3. The Morgan fingerprint density at radius 1 is 1.41 bits per heavy atom. The van der Waals surface area contributed by atoms with Crippen molar-refractivity contribution >= 4 is 16.9 Å². The van der Waals surface area contributed by atoms with Gasteiger partial charge in [-0.1, -0.05) is 0 Å². The number of pyridine rings is 1. The monoisotopic (exact) mass is 304 g/mol. The molecule has 0 aliphatic carbocycles. The Hall–Kier alpha value is -2.60. The molecule has 0 unspecified atom stereocenters. The molecule has 0 saturated heterocycles. The smallest absolute Gasteiger partial charge is 0.270 e. The Balaban J connectivity index is 0.00000192. The molecule has 0 fully saturated rings.